The molecule has 0 fully saturated rings. The molecule has 0 aromatic carbocycles. The Hall–Kier alpha value is -1.13. The summed E-state index contributed by atoms with van der Waals surface area (Å²) in [6, 6.07) is 0. The van der Waals surface area contributed by atoms with Crippen molar-refractivity contribution in [1.29, 1.82) is 0 Å². The number of aryl methyl sites for hydroxylation is 2. The first-order valence-corrected chi connectivity index (χ1v) is 10.5. The second kappa shape index (κ2) is 10.6. The Labute approximate surface area is 149 Å². The second-order valence-electron chi connectivity index (χ2n) is 4.02. The maximum atomic E-state index is 4.25. The van der Waals surface area contributed by atoms with E-state index < -0.39 is 0 Å². The third-order valence-corrected chi connectivity index (χ3v) is 4.10. The van der Waals surface area contributed by atoms with Crippen LogP contribution in [0.3, 0.4) is 0 Å². The van der Waals surface area contributed by atoms with Gasteiger partial charge in [-0.25, -0.2) is 15.0 Å². The van der Waals surface area contributed by atoms with Crippen LogP contribution in [0.1, 0.15) is 18.6 Å². The highest BCUT2D eigenvalue weighted by Crippen LogP contribution is 2.14. The minimum Gasteiger partial charge on any atom is -0.357 e. The summed E-state index contributed by atoms with van der Waals surface area (Å²) in [7, 11) is 1.79. The molecule has 0 saturated carbocycles. The van der Waals surface area contributed by atoms with Gasteiger partial charge in [0.1, 0.15) is 11.6 Å². The van der Waals surface area contributed by atoms with E-state index in [-0.39, 0.29) is 0 Å². The van der Waals surface area contributed by atoms with Gasteiger partial charge >= 0.3 is 0 Å². The van der Waals surface area contributed by atoms with Crippen molar-refractivity contribution in [2.75, 3.05) is 31.1 Å². The molecule has 2 heterocycles. The van der Waals surface area contributed by atoms with Crippen molar-refractivity contribution in [1.82, 2.24) is 29.9 Å². The molecule has 0 spiro atoms. The van der Waals surface area contributed by atoms with Crippen LogP contribution in [-0.2, 0) is 6.42 Å². The molecule has 1 N–H and O–H groups in total. The van der Waals surface area contributed by atoms with Crippen LogP contribution in [0.4, 0.5) is 5.95 Å². The molecule has 2 aromatic rings. The maximum absolute atomic E-state index is 4.25. The molecule has 0 radical (unpaired) electrons. The summed E-state index contributed by atoms with van der Waals surface area (Å²) in [5.74, 6) is 2.24. The van der Waals surface area contributed by atoms with E-state index in [4.69, 9.17) is 0 Å². The predicted octanol–water partition coefficient (Wildman–Crippen LogP) is 2.82. The molecule has 0 aliphatic rings. The highest BCUT2D eigenvalue weighted by molar-refractivity contribution is 7.99. The van der Waals surface area contributed by atoms with Gasteiger partial charge in [-0.15, -0.1) is 0 Å². The van der Waals surface area contributed by atoms with E-state index in [9.17, 15) is 0 Å². The minimum absolute atomic E-state index is 0.627. The zero-order chi connectivity index (χ0) is 17.2. The molecule has 0 amide bonds. The Balaban J connectivity index is 0.000000231. The molecule has 2 aromatic heterocycles. The van der Waals surface area contributed by atoms with Crippen LogP contribution in [-0.4, -0.2) is 55.7 Å². The number of nitrogens with zero attached hydrogens (tertiary/aromatic N) is 6. The van der Waals surface area contributed by atoms with Crippen LogP contribution in [0, 0.1) is 6.92 Å². The Morgan fingerprint density at radius 1 is 0.783 bits per heavy atom. The lowest BCUT2D eigenvalue weighted by atomic mass is 10.5. The number of nitrogens with one attached hydrogen (secondary N) is 1. The number of thioether (sulfide) groups is 3. The van der Waals surface area contributed by atoms with Crippen molar-refractivity contribution in [3.63, 3.8) is 0 Å². The average molecular weight is 372 g/mol. The average Bonchev–Trinajstić information content (AvgIpc) is 2.60. The molecule has 0 unspecified atom stereocenters. The van der Waals surface area contributed by atoms with E-state index in [0.29, 0.717) is 5.95 Å². The van der Waals surface area contributed by atoms with Crippen molar-refractivity contribution in [2.24, 2.45) is 0 Å². The quantitative estimate of drug-likeness (QED) is 0.791. The van der Waals surface area contributed by atoms with Gasteiger partial charge in [-0.1, -0.05) is 42.2 Å². The van der Waals surface area contributed by atoms with Crippen LogP contribution in [0.25, 0.3) is 0 Å². The van der Waals surface area contributed by atoms with Crippen molar-refractivity contribution < 1.29 is 0 Å². The molecule has 10 heteroatoms. The first-order valence-electron chi connectivity index (χ1n) is 6.83. The van der Waals surface area contributed by atoms with Crippen LogP contribution < -0.4 is 5.32 Å². The molecule has 126 valence electrons. The van der Waals surface area contributed by atoms with Crippen LogP contribution >= 0.6 is 35.3 Å². The highest BCUT2D eigenvalue weighted by atomic mass is 32.2. The zero-order valence-corrected chi connectivity index (χ0v) is 16.6. The lowest BCUT2D eigenvalue weighted by Crippen LogP contribution is -2.01. The molecule has 0 bridgehead atoms. The lowest BCUT2D eigenvalue weighted by molar-refractivity contribution is 0.740. The number of hydrogen-bond acceptors (Lipinski definition) is 10. The molecule has 0 saturated heterocycles. The highest BCUT2D eigenvalue weighted by Gasteiger charge is 2.02. The molecule has 7 nitrogen and oxygen atoms in total. The van der Waals surface area contributed by atoms with Crippen molar-refractivity contribution in [3.8, 4) is 0 Å². The van der Waals surface area contributed by atoms with Crippen molar-refractivity contribution in [3.05, 3.63) is 11.6 Å². The second-order valence-corrected chi connectivity index (χ2v) is 6.34. The Kier molecular flexibility index (Phi) is 9.19. The zero-order valence-electron chi connectivity index (χ0n) is 14.1. The Morgan fingerprint density at radius 2 is 1.30 bits per heavy atom. The SMILES string of the molecule is CCc1nc(SC)nc(SC)n1.CNc1nc(C)nc(SC)n1. The van der Waals surface area contributed by atoms with E-state index in [1.54, 1.807) is 30.6 Å². The molecule has 2 rings (SSSR count). The maximum Gasteiger partial charge on any atom is 0.226 e. The lowest BCUT2D eigenvalue weighted by Gasteiger charge is -2.00. The van der Waals surface area contributed by atoms with E-state index in [0.717, 1.165) is 33.5 Å². The molecular weight excluding hydrogens is 350 g/mol. The number of anilines is 1. The van der Waals surface area contributed by atoms with Crippen molar-refractivity contribution >= 4 is 41.2 Å². The summed E-state index contributed by atoms with van der Waals surface area (Å²) in [5, 5.41) is 5.24. The van der Waals surface area contributed by atoms with Crippen molar-refractivity contribution in [2.45, 2.75) is 35.7 Å². The van der Waals surface area contributed by atoms with Gasteiger partial charge in [-0.05, 0) is 25.7 Å². The van der Waals surface area contributed by atoms with Gasteiger partial charge in [0.05, 0.1) is 0 Å². The van der Waals surface area contributed by atoms with Gasteiger partial charge in [0.2, 0.25) is 5.95 Å². The summed E-state index contributed by atoms with van der Waals surface area (Å²) in [4.78, 5) is 25.0. The summed E-state index contributed by atoms with van der Waals surface area (Å²) in [6.07, 6.45) is 6.75. The predicted molar refractivity (Wildman–Crippen MR) is 98.7 cm³/mol. The Bertz CT molecular complexity index is 547. The van der Waals surface area contributed by atoms with Crippen LogP contribution in [0.15, 0.2) is 15.5 Å². The summed E-state index contributed by atoms with van der Waals surface area (Å²) in [5.41, 5.74) is 0. The third-order valence-electron chi connectivity index (χ3n) is 2.45. The van der Waals surface area contributed by atoms with Gasteiger partial charge in [-0.3, -0.25) is 0 Å². The van der Waals surface area contributed by atoms with E-state index in [1.165, 1.54) is 11.8 Å². The standard InChI is InChI=1S/C7H11N3S2.C6H10N4S/c1-4-5-8-6(11-2)10-7(9-5)12-3;1-4-8-5(7-2)10-6(9-4)11-3/h4H2,1-3H3;1-3H3,(H,7,8,9,10). The molecular formula is C13H21N7S3. The smallest absolute Gasteiger partial charge is 0.226 e. The summed E-state index contributed by atoms with van der Waals surface area (Å²) in [6.45, 7) is 3.89. The molecule has 0 aliphatic carbocycles. The van der Waals surface area contributed by atoms with E-state index in [1.807, 2.05) is 32.6 Å². The first kappa shape index (κ1) is 19.9. The first-order chi connectivity index (χ1) is 11.1. The van der Waals surface area contributed by atoms with Gasteiger partial charge in [0, 0.05) is 13.5 Å². The van der Waals surface area contributed by atoms with Gasteiger partial charge < -0.3 is 5.32 Å². The summed E-state index contributed by atoms with van der Waals surface area (Å²) >= 11 is 4.61. The molecule has 23 heavy (non-hydrogen) atoms. The summed E-state index contributed by atoms with van der Waals surface area (Å²) < 4.78 is 0. The number of aromatic nitrogens is 6. The van der Waals surface area contributed by atoms with E-state index in [2.05, 4.69) is 35.2 Å². The topological polar surface area (TPSA) is 89.4 Å². The van der Waals surface area contributed by atoms with Gasteiger partial charge in [0.25, 0.3) is 0 Å². The normalized spacial score (nSPS) is 10.0. The molecule has 0 atom stereocenters. The number of rotatable bonds is 5. The third kappa shape index (κ3) is 6.88. The Morgan fingerprint density at radius 3 is 1.74 bits per heavy atom. The van der Waals surface area contributed by atoms with Gasteiger partial charge in [-0.2, -0.15) is 15.0 Å². The fourth-order valence-electron chi connectivity index (χ4n) is 1.38. The minimum atomic E-state index is 0.627. The number of hydrogen-bond donors (Lipinski definition) is 1. The fourth-order valence-corrected chi connectivity index (χ4v) is 2.59. The van der Waals surface area contributed by atoms with E-state index >= 15 is 0 Å². The molecule has 0 aliphatic heterocycles. The van der Waals surface area contributed by atoms with Gasteiger partial charge in [0.15, 0.2) is 15.5 Å². The van der Waals surface area contributed by atoms with Crippen LogP contribution in [0.2, 0.25) is 0 Å². The van der Waals surface area contributed by atoms with Crippen LogP contribution in [0.5, 0.6) is 0 Å². The largest absolute Gasteiger partial charge is 0.357 e. The monoisotopic (exact) mass is 371 g/mol. The fraction of sp³-hybridized carbons (Fsp3) is 0.538.